The number of aromatic nitrogens is 3. The van der Waals surface area contributed by atoms with Crippen LogP contribution in [0.3, 0.4) is 0 Å². The molecule has 1 aromatic carbocycles. The van der Waals surface area contributed by atoms with E-state index in [2.05, 4.69) is 20.2 Å². The predicted octanol–water partition coefficient (Wildman–Crippen LogP) is -0.190. The molecule has 2 aromatic rings. The Kier molecular flexibility index (Phi) is 3.73. The fraction of sp³-hybridized carbons (Fsp3) is 0.111. The van der Waals surface area contributed by atoms with Crippen LogP contribution in [0.1, 0.15) is 0 Å². The van der Waals surface area contributed by atoms with Crippen LogP contribution >= 0.6 is 0 Å². The van der Waals surface area contributed by atoms with E-state index in [1.807, 2.05) is 0 Å². The second kappa shape index (κ2) is 5.34. The Morgan fingerprint density at radius 2 is 2.14 bits per heavy atom. The first kappa shape index (κ1) is 14.7. The molecule has 112 valence electrons. The van der Waals surface area contributed by atoms with E-state index >= 15 is 0 Å². The predicted molar refractivity (Wildman–Crippen MR) is 72.7 cm³/mol. The zero-order chi connectivity index (χ0) is 15.6. The van der Waals surface area contributed by atoms with Crippen molar-refractivity contribution in [2.24, 2.45) is 12.9 Å². The summed E-state index contributed by atoms with van der Waals surface area (Å²) in [7, 11) is -2.46. The Morgan fingerprint density at radius 1 is 1.43 bits per heavy atom. The molecule has 1 heterocycles. The minimum Gasteiger partial charge on any atom is -0.318 e. The second-order valence-electron chi connectivity index (χ2n) is 3.89. The van der Waals surface area contributed by atoms with Gasteiger partial charge in [-0.3, -0.25) is 16.0 Å². The van der Waals surface area contributed by atoms with Crippen molar-refractivity contribution < 1.29 is 13.3 Å². The number of hydrazine groups is 1. The number of hydrogen-bond donors (Lipinski definition) is 3. The lowest BCUT2D eigenvalue weighted by molar-refractivity contribution is -0.384. The third-order valence-electron chi connectivity index (χ3n) is 2.57. The van der Waals surface area contributed by atoms with Crippen LogP contribution in [0.5, 0.6) is 0 Å². The molecule has 0 atom stereocenters. The van der Waals surface area contributed by atoms with Crippen LogP contribution in [0.2, 0.25) is 0 Å². The van der Waals surface area contributed by atoms with Gasteiger partial charge >= 0.3 is 0 Å². The number of rotatable bonds is 5. The number of anilines is 2. The summed E-state index contributed by atoms with van der Waals surface area (Å²) in [6.07, 6.45) is 1.18. The van der Waals surface area contributed by atoms with Crippen LogP contribution in [0, 0.1) is 10.1 Å². The molecular formula is C9H11N7O4S. The van der Waals surface area contributed by atoms with Gasteiger partial charge in [-0.2, -0.15) is 10.1 Å². The smallest absolute Gasteiger partial charge is 0.293 e. The van der Waals surface area contributed by atoms with Crippen molar-refractivity contribution in [1.29, 1.82) is 0 Å². The van der Waals surface area contributed by atoms with Gasteiger partial charge < -0.3 is 5.43 Å². The summed E-state index contributed by atoms with van der Waals surface area (Å²) < 4.78 is 27.8. The van der Waals surface area contributed by atoms with Crippen LogP contribution in [0.25, 0.3) is 0 Å². The van der Waals surface area contributed by atoms with Crippen molar-refractivity contribution in [1.82, 2.24) is 14.8 Å². The van der Waals surface area contributed by atoms with Crippen molar-refractivity contribution in [3.05, 3.63) is 34.6 Å². The number of hydrogen-bond acceptors (Lipinski definition) is 8. The highest BCUT2D eigenvalue weighted by Gasteiger charge is 2.21. The van der Waals surface area contributed by atoms with Gasteiger partial charge in [0.15, 0.2) is 0 Å². The van der Waals surface area contributed by atoms with E-state index in [9.17, 15) is 18.5 Å². The van der Waals surface area contributed by atoms with E-state index < -0.39 is 14.9 Å². The van der Waals surface area contributed by atoms with Gasteiger partial charge in [0.25, 0.3) is 15.7 Å². The van der Waals surface area contributed by atoms with E-state index in [1.54, 1.807) is 0 Å². The average Bonchev–Trinajstić information content (AvgIpc) is 2.82. The summed E-state index contributed by atoms with van der Waals surface area (Å²) in [5, 5.41) is 14.5. The maximum atomic E-state index is 12.2. The third kappa shape index (κ3) is 2.90. The van der Waals surface area contributed by atoms with E-state index in [0.717, 1.165) is 18.2 Å². The molecule has 0 amide bonds. The normalized spacial score (nSPS) is 11.1. The SMILES string of the molecule is Cn1ncnc1NS(=O)(=O)c1ccc([N+](=O)[O-])c(NN)c1. The summed E-state index contributed by atoms with van der Waals surface area (Å²) in [6, 6.07) is 3.19. The van der Waals surface area contributed by atoms with Crippen LogP contribution in [-0.4, -0.2) is 28.1 Å². The van der Waals surface area contributed by atoms with Gasteiger partial charge in [-0.25, -0.2) is 17.8 Å². The van der Waals surface area contributed by atoms with Crippen molar-refractivity contribution in [2.45, 2.75) is 4.90 Å². The topological polar surface area (TPSA) is 158 Å². The van der Waals surface area contributed by atoms with Crippen LogP contribution < -0.4 is 16.0 Å². The van der Waals surface area contributed by atoms with Crippen LogP contribution in [-0.2, 0) is 17.1 Å². The summed E-state index contributed by atoms with van der Waals surface area (Å²) >= 11 is 0. The van der Waals surface area contributed by atoms with Crippen LogP contribution in [0.4, 0.5) is 17.3 Å². The Morgan fingerprint density at radius 3 is 2.67 bits per heavy atom. The van der Waals surface area contributed by atoms with Gasteiger partial charge in [-0.15, -0.1) is 0 Å². The molecular weight excluding hydrogens is 302 g/mol. The Bertz CT molecular complexity index is 785. The Hall–Kier alpha value is -2.73. The largest absolute Gasteiger partial charge is 0.318 e. The molecule has 11 nitrogen and oxygen atoms in total. The van der Waals surface area contributed by atoms with E-state index in [1.165, 1.54) is 18.1 Å². The van der Waals surface area contributed by atoms with Gasteiger partial charge in [0.05, 0.1) is 9.82 Å². The van der Waals surface area contributed by atoms with Crippen LogP contribution in [0.15, 0.2) is 29.4 Å². The monoisotopic (exact) mass is 313 g/mol. The van der Waals surface area contributed by atoms with E-state index in [4.69, 9.17) is 5.84 Å². The highest BCUT2D eigenvalue weighted by atomic mass is 32.2. The molecule has 1 aromatic heterocycles. The first-order valence-electron chi connectivity index (χ1n) is 5.47. The number of nitrogens with two attached hydrogens (primary N) is 1. The fourth-order valence-corrected chi connectivity index (χ4v) is 2.59. The second-order valence-corrected chi connectivity index (χ2v) is 5.58. The lowest BCUT2D eigenvalue weighted by atomic mass is 10.3. The van der Waals surface area contributed by atoms with Gasteiger partial charge in [0.1, 0.15) is 12.0 Å². The molecule has 0 bridgehead atoms. The Balaban J connectivity index is 2.41. The number of nitro groups is 1. The quantitative estimate of drug-likeness (QED) is 0.389. The first-order valence-corrected chi connectivity index (χ1v) is 6.95. The molecule has 0 fully saturated rings. The van der Waals surface area contributed by atoms with Gasteiger partial charge in [0.2, 0.25) is 5.95 Å². The summed E-state index contributed by atoms with van der Waals surface area (Å²) in [5.41, 5.74) is 1.63. The number of benzene rings is 1. The van der Waals surface area contributed by atoms with E-state index in [-0.39, 0.29) is 22.2 Å². The van der Waals surface area contributed by atoms with Crippen molar-refractivity contribution >= 4 is 27.3 Å². The molecule has 0 aliphatic rings. The van der Waals surface area contributed by atoms with Crippen molar-refractivity contribution in [3.63, 3.8) is 0 Å². The number of nitrogens with one attached hydrogen (secondary N) is 2. The number of nitrogens with zero attached hydrogens (tertiary/aromatic N) is 4. The average molecular weight is 313 g/mol. The molecule has 21 heavy (non-hydrogen) atoms. The summed E-state index contributed by atoms with van der Waals surface area (Å²) in [6.45, 7) is 0. The summed E-state index contributed by atoms with van der Waals surface area (Å²) in [4.78, 5) is 13.6. The molecule has 0 unspecified atom stereocenters. The molecule has 4 N–H and O–H groups in total. The third-order valence-corrected chi connectivity index (χ3v) is 3.89. The number of nitro benzene ring substituents is 1. The Labute approximate surface area is 119 Å². The maximum Gasteiger partial charge on any atom is 0.293 e. The molecule has 0 spiro atoms. The van der Waals surface area contributed by atoms with Crippen molar-refractivity contribution in [3.8, 4) is 0 Å². The minimum atomic E-state index is -3.97. The highest BCUT2D eigenvalue weighted by Crippen LogP contribution is 2.27. The van der Waals surface area contributed by atoms with Crippen molar-refractivity contribution in [2.75, 3.05) is 10.1 Å². The maximum absolute atomic E-state index is 12.2. The lowest BCUT2D eigenvalue weighted by Crippen LogP contribution is -2.17. The minimum absolute atomic E-state index is 0.00982. The fourth-order valence-electron chi connectivity index (χ4n) is 1.52. The zero-order valence-corrected chi connectivity index (χ0v) is 11.5. The summed E-state index contributed by atoms with van der Waals surface area (Å²) in [5.74, 6) is 5.17. The highest BCUT2D eigenvalue weighted by molar-refractivity contribution is 7.92. The molecule has 0 aliphatic heterocycles. The number of nitrogen functional groups attached to an aromatic ring is 1. The molecule has 12 heteroatoms. The lowest BCUT2D eigenvalue weighted by Gasteiger charge is -2.08. The van der Waals surface area contributed by atoms with E-state index in [0.29, 0.717) is 0 Å². The molecule has 0 saturated carbocycles. The zero-order valence-electron chi connectivity index (χ0n) is 10.7. The first-order chi connectivity index (χ1) is 9.85. The van der Waals surface area contributed by atoms with Gasteiger partial charge in [0, 0.05) is 13.1 Å². The van der Waals surface area contributed by atoms with Gasteiger partial charge in [-0.1, -0.05) is 0 Å². The number of sulfonamides is 1. The molecule has 0 aliphatic carbocycles. The molecule has 0 radical (unpaired) electrons. The standard InChI is InChI=1S/C9H11N7O4S/c1-15-9(11-5-12-15)14-21(19,20)6-2-3-8(16(17)18)7(4-6)13-10/h2-5,13H,10H2,1H3,(H,11,12,14). The van der Waals surface area contributed by atoms with Gasteiger partial charge in [-0.05, 0) is 12.1 Å². The number of aryl methyl sites for hydroxylation is 1. The molecule has 0 saturated heterocycles. The molecule has 2 rings (SSSR count).